The average molecular weight is 395 g/mol. The van der Waals surface area contributed by atoms with E-state index in [9.17, 15) is 9.59 Å². The number of carbonyl (C=O) groups excluding carboxylic acids is 2. The minimum absolute atomic E-state index is 0.0495. The van der Waals surface area contributed by atoms with Gasteiger partial charge in [-0.2, -0.15) is 0 Å². The average Bonchev–Trinajstić information content (AvgIpc) is 3.02. The van der Waals surface area contributed by atoms with Crippen molar-refractivity contribution in [1.29, 1.82) is 0 Å². The topological polar surface area (TPSA) is 76.0 Å². The molecule has 4 fully saturated rings. The molecule has 1 aromatic heterocycles. The normalized spacial score (nSPS) is 29.9. The summed E-state index contributed by atoms with van der Waals surface area (Å²) in [4.78, 5) is 29.7. The first-order chi connectivity index (χ1) is 14.0. The lowest BCUT2D eigenvalue weighted by Crippen LogP contribution is -2.50. The number of rotatable bonds is 5. The fourth-order valence-electron chi connectivity index (χ4n) is 6.79. The van der Waals surface area contributed by atoms with Gasteiger partial charge in [0.15, 0.2) is 0 Å². The molecule has 6 nitrogen and oxygen atoms in total. The zero-order chi connectivity index (χ0) is 20.0. The second-order valence-corrected chi connectivity index (χ2v) is 9.65. The number of aromatic nitrogens is 2. The van der Waals surface area contributed by atoms with Gasteiger partial charge in [-0.25, -0.2) is 4.98 Å². The smallest absolute Gasteiger partial charge is 0.258 e. The highest BCUT2D eigenvalue weighted by Gasteiger charge is 2.51. The summed E-state index contributed by atoms with van der Waals surface area (Å²) >= 11 is 0. The number of hydrazine groups is 1. The van der Waals surface area contributed by atoms with Gasteiger partial charge in [0.05, 0.1) is 11.0 Å². The van der Waals surface area contributed by atoms with Crippen LogP contribution in [0.5, 0.6) is 0 Å². The summed E-state index contributed by atoms with van der Waals surface area (Å²) < 4.78 is 1.93. The van der Waals surface area contributed by atoms with Gasteiger partial charge in [0.2, 0.25) is 5.91 Å². The second-order valence-electron chi connectivity index (χ2n) is 9.65. The Morgan fingerprint density at radius 2 is 1.66 bits per heavy atom. The van der Waals surface area contributed by atoms with Gasteiger partial charge >= 0.3 is 0 Å². The minimum Gasteiger partial charge on any atom is -0.318 e. The summed E-state index contributed by atoms with van der Waals surface area (Å²) in [6.45, 7) is 2.18. The quantitative estimate of drug-likeness (QED) is 0.764. The van der Waals surface area contributed by atoms with E-state index in [1.165, 1.54) is 38.5 Å². The second kappa shape index (κ2) is 7.15. The number of fused-ring (bicyclic) bond motifs is 1. The zero-order valence-electron chi connectivity index (χ0n) is 17.1. The van der Waals surface area contributed by atoms with Crippen molar-refractivity contribution >= 4 is 22.8 Å². The molecule has 2 aromatic rings. The van der Waals surface area contributed by atoms with Crippen LogP contribution in [0.25, 0.3) is 11.0 Å². The number of para-hydroxylation sites is 2. The van der Waals surface area contributed by atoms with Crippen LogP contribution in [0.3, 0.4) is 0 Å². The Balaban J connectivity index is 1.19. The van der Waals surface area contributed by atoms with Gasteiger partial charge in [0.25, 0.3) is 5.91 Å². The van der Waals surface area contributed by atoms with Crippen LogP contribution in [-0.4, -0.2) is 21.4 Å². The standard InChI is InChI=1S/C23H30N4O2/c1-2-20-24-18-5-3-4-6-19(18)27(20)14-22(29)26-25-21(28)13-23-10-15-7-16(11-23)9-17(8-15)12-23/h3-6,15-17H,2,7-14H2,1H3,(H,25,28)(H,26,29). The molecule has 6 heteroatoms. The first kappa shape index (κ1) is 18.6. The van der Waals surface area contributed by atoms with E-state index in [0.717, 1.165) is 41.0 Å². The van der Waals surface area contributed by atoms with Crippen LogP contribution in [-0.2, 0) is 22.6 Å². The Hall–Kier alpha value is -2.37. The van der Waals surface area contributed by atoms with Crippen molar-refractivity contribution in [3.8, 4) is 0 Å². The molecule has 2 N–H and O–H groups in total. The molecule has 4 saturated carbocycles. The van der Waals surface area contributed by atoms with Gasteiger partial charge in [0.1, 0.15) is 12.4 Å². The molecule has 0 saturated heterocycles. The van der Waals surface area contributed by atoms with Crippen molar-refractivity contribution in [2.24, 2.45) is 23.2 Å². The largest absolute Gasteiger partial charge is 0.318 e. The molecule has 4 bridgehead atoms. The Morgan fingerprint density at radius 3 is 2.31 bits per heavy atom. The summed E-state index contributed by atoms with van der Waals surface area (Å²) in [6.07, 6.45) is 9.00. The van der Waals surface area contributed by atoms with Gasteiger partial charge in [-0.1, -0.05) is 19.1 Å². The summed E-state index contributed by atoms with van der Waals surface area (Å²) in [7, 11) is 0. The number of aryl methyl sites for hydroxylation is 1. The van der Waals surface area contributed by atoms with E-state index in [-0.39, 0.29) is 23.8 Å². The number of nitrogens with one attached hydrogen (secondary N) is 2. The van der Waals surface area contributed by atoms with E-state index in [0.29, 0.717) is 6.42 Å². The maximum atomic E-state index is 12.6. The first-order valence-electron chi connectivity index (χ1n) is 11.1. The Labute approximate surface area is 171 Å². The predicted octanol–water partition coefficient (Wildman–Crippen LogP) is 3.35. The van der Waals surface area contributed by atoms with E-state index in [1.54, 1.807) is 0 Å². The molecule has 0 spiro atoms. The highest BCUT2D eigenvalue weighted by atomic mass is 16.2. The highest BCUT2D eigenvalue weighted by Crippen LogP contribution is 2.61. The Kier molecular flexibility index (Phi) is 4.60. The molecule has 1 heterocycles. The van der Waals surface area contributed by atoms with E-state index in [2.05, 4.69) is 15.8 Å². The maximum Gasteiger partial charge on any atom is 0.258 e. The van der Waals surface area contributed by atoms with Gasteiger partial charge in [0, 0.05) is 12.8 Å². The van der Waals surface area contributed by atoms with Crippen LogP contribution < -0.4 is 10.9 Å². The molecule has 1 aromatic carbocycles. The molecule has 0 radical (unpaired) electrons. The van der Waals surface area contributed by atoms with Crippen LogP contribution in [0.15, 0.2) is 24.3 Å². The lowest BCUT2D eigenvalue weighted by Gasteiger charge is -2.56. The monoisotopic (exact) mass is 394 g/mol. The third-order valence-electron chi connectivity index (χ3n) is 7.39. The van der Waals surface area contributed by atoms with E-state index < -0.39 is 0 Å². The SMILES string of the molecule is CCc1nc2ccccc2n1CC(=O)NNC(=O)CC12CC3CC(CC(C3)C1)C2. The van der Waals surface area contributed by atoms with Crippen molar-refractivity contribution < 1.29 is 9.59 Å². The van der Waals surface area contributed by atoms with Gasteiger partial charge < -0.3 is 4.57 Å². The molecule has 0 aliphatic heterocycles. The summed E-state index contributed by atoms with van der Waals surface area (Å²) in [5.41, 5.74) is 7.33. The fraction of sp³-hybridized carbons (Fsp3) is 0.609. The molecule has 154 valence electrons. The first-order valence-corrected chi connectivity index (χ1v) is 11.1. The third-order valence-corrected chi connectivity index (χ3v) is 7.39. The van der Waals surface area contributed by atoms with Crippen LogP contribution >= 0.6 is 0 Å². The fourth-order valence-corrected chi connectivity index (χ4v) is 6.79. The molecular formula is C23H30N4O2. The molecular weight excluding hydrogens is 364 g/mol. The highest BCUT2D eigenvalue weighted by molar-refractivity contribution is 5.84. The molecule has 2 amide bonds. The number of imidazole rings is 1. The lowest BCUT2D eigenvalue weighted by molar-refractivity contribution is -0.134. The van der Waals surface area contributed by atoms with Crippen LogP contribution in [0, 0.1) is 23.2 Å². The maximum absolute atomic E-state index is 12.6. The Morgan fingerprint density at radius 1 is 1.03 bits per heavy atom. The zero-order valence-corrected chi connectivity index (χ0v) is 17.1. The van der Waals surface area contributed by atoms with Gasteiger partial charge in [-0.15, -0.1) is 0 Å². The number of nitrogens with zero attached hydrogens (tertiary/aromatic N) is 2. The summed E-state index contributed by atoms with van der Waals surface area (Å²) in [6, 6.07) is 7.82. The lowest BCUT2D eigenvalue weighted by atomic mass is 9.49. The molecule has 6 rings (SSSR count). The van der Waals surface area contributed by atoms with Crippen molar-refractivity contribution in [2.75, 3.05) is 0 Å². The van der Waals surface area contributed by atoms with Crippen molar-refractivity contribution in [2.45, 2.75) is 64.8 Å². The van der Waals surface area contributed by atoms with Crippen molar-refractivity contribution in [3.63, 3.8) is 0 Å². The molecule has 4 aliphatic carbocycles. The molecule has 0 atom stereocenters. The summed E-state index contributed by atoms with van der Waals surface area (Å²) in [5.74, 6) is 3.08. The Bertz CT molecular complexity index is 912. The summed E-state index contributed by atoms with van der Waals surface area (Å²) in [5, 5.41) is 0. The van der Waals surface area contributed by atoms with E-state index in [4.69, 9.17) is 0 Å². The number of hydrogen-bond donors (Lipinski definition) is 2. The minimum atomic E-state index is -0.221. The van der Waals surface area contributed by atoms with Crippen LogP contribution in [0.2, 0.25) is 0 Å². The van der Waals surface area contributed by atoms with Crippen molar-refractivity contribution in [3.05, 3.63) is 30.1 Å². The van der Waals surface area contributed by atoms with Gasteiger partial charge in [-0.3, -0.25) is 20.4 Å². The molecule has 0 unspecified atom stereocenters. The third kappa shape index (κ3) is 3.53. The van der Waals surface area contributed by atoms with Crippen LogP contribution in [0.4, 0.5) is 0 Å². The molecule has 29 heavy (non-hydrogen) atoms. The van der Waals surface area contributed by atoms with Gasteiger partial charge in [-0.05, 0) is 73.8 Å². The predicted molar refractivity (Wildman–Crippen MR) is 111 cm³/mol. The van der Waals surface area contributed by atoms with E-state index in [1.807, 2.05) is 35.8 Å². The van der Waals surface area contributed by atoms with E-state index >= 15 is 0 Å². The van der Waals surface area contributed by atoms with Crippen molar-refractivity contribution in [1.82, 2.24) is 20.4 Å². The molecule has 4 aliphatic rings. The number of benzene rings is 1. The number of carbonyl (C=O) groups is 2. The number of amides is 2. The van der Waals surface area contributed by atoms with Crippen LogP contribution in [0.1, 0.15) is 57.7 Å². The number of hydrogen-bond acceptors (Lipinski definition) is 3.